The zero-order chi connectivity index (χ0) is 15.0. The first kappa shape index (κ1) is 20.5. The van der Waals surface area contributed by atoms with Crippen molar-refractivity contribution < 1.29 is 4.79 Å². The minimum Gasteiger partial charge on any atom is -0.357 e. The lowest BCUT2D eigenvalue weighted by molar-refractivity contribution is -0.133. The number of unbranched alkanes of at least 4 members (excludes halogenated alkanes) is 1. The molecule has 1 rings (SSSR count). The molecule has 0 radical (unpaired) electrons. The molecule has 0 spiro atoms. The van der Waals surface area contributed by atoms with Gasteiger partial charge >= 0.3 is 0 Å². The van der Waals surface area contributed by atoms with Crippen LogP contribution in [0.5, 0.6) is 0 Å². The van der Waals surface area contributed by atoms with Crippen LogP contribution in [0.2, 0.25) is 0 Å². The summed E-state index contributed by atoms with van der Waals surface area (Å²) < 4.78 is 0. The van der Waals surface area contributed by atoms with Crippen LogP contribution in [0.3, 0.4) is 0 Å². The van der Waals surface area contributed by atoms with Crippen LogP contribution in [-0.2, 0) is 4.79 Å². The lowest BCUT2D eigenvalue weighted by Gasteiger charge is -2.20. The molecule has 1 amide bonds. The summed E-state index contributed by atoms with van der Waals surface area (Å²) in [6, 6.07) is 0.317. The first-order chi connectivity index (χ1) is 9.58. The van der Waals surface area contributed by atoms with E-state index in [2.05, 4.69) is 29.5 Å². The summed E-state index contributed by atoms with van der Waals surface area (Å²) >= 11 is 0. The molecule has 124 valence electrons. The van der Waals surface area contributed by atoms with Gasteiger partial charge in [0.05, 0.1) is 0 Å². The van der Waals surface area contributed by atoms with Gasteiger partial charge in [-0.25, -0.2) is 0 Å². The van der Waals surface area contributed by atoms with Gasteiger partial charge in [-0.2, -0.15) is 0 Å². The highest BCUT2D eigenvalue weighted by atomic mass is 127. The predicted octanol–water partition coefficient (Wildman–Crippen LogP) is 2.22. The van der Waals surface area contributed by atoms with E-state index in [1.165, 1.54) is 0 Å². The highest BCUT2D eigenvalue weighted by Crippen LogP contribution is 2.12. The van der Waals surface area contributed by atoms with Gasteiger partial charge in [0.2, 0.25) is 5.91 Å². The van der Waals surface area contributed by atoms with Gasteiger partial charge in [0.25, 0.3) is 0 Å². The van der Waals surface area contributed by atoms with Crippen LogP contribution >= 0.6 is 24.0 Å². The minimum absolute atomic E-state index is 0. The van der Waals surface area contributed by atoms with Crippen LogP contribution in [0.25, 0.3) is 0 Å². The van der Waals surface area contributed by atoms with Gasteiger partial charge in [0.15, 0.2) is 5.96 Å². The number of amides is 1. The maximum absolute atomic E-state index is 12.0. The number of aliphatic imine (C=N–C) groups is 1. The number of rotatable bonds is 6. The summed E-state index contributed by atoms with van der Waals surface area (Å²) in [5, 5.41) is 6.72. The van der Waals surface area contributed by atoms with Gasteiger partial charge in [-0.15, -0.1) is 24.0 Å². The summed E-state index contributed by atoms with van der Waals surface area (Å²) in [5.41, 5.74) is 0. The lowest BCUT2D eigenvalue weighted by atomic mass is 10.2. The molecule has 0 aromatic carbocycles. The lowest BCUT2D eigenvalue weighted by Crippen LogP contribution is -2.45. The first-order valence-electron chi connectivity index (χ1n) is 7.92. The standard InChI is InChI=1S/C15H30N4O.HI/c1-5-7-9-17-15(16-6-2)18-13-8-10-19(11-13)14(20)12(3)4;/h12-13H,5-11H2,1-4H3,(H2,16,17,18);1H. The quantitative estimate of drug-likeness (QED) is 0.306. The molecule has 1 saturated heterocycles. The summed E-state index contributed by atoms with van der Waals surface area (Å²) in [6.45, 7) is 11.5. The number of halogens is 1. The van der Waals surface area contributed by atoms with Crippen LogP contribution in [0, 0.1) is 5.92 Å². The second-order valence-corrected chi connectivity index (χ2v) is 5.68. The number of likely N-dealkylation sites (tertiary alicyclic amines) is 1. The molecule has 1 unspecified atom stereocenters. The van der Waals surface area contributed by atoms with E-state index >= 15 is 0 Å². The SMILES string of the molecule is CCCCN=C(NCC)NC1CCN(C(=O)C(C)C)C1.I. The van der Waals surface area contributed by atoms with Crippen molar-refractivity contribution in [3.8, 4) is 0 Å². The molecule has 21 heavy (non-hydrogen) atoms. The Morgan fingerprint density at radius 1 is 1.38 bits per heavy atom. The van der Waals surface area contributed by atoms with Crippen LogP contribution in [0.15, 0.2) is 4.99 Å². The molecular weight excluding hydrogens is 379 g/mol. The van der Waals surface area contributed by atoms with Crippen LogP contribution < -0.4 is 10.6 Å². The molecule has 1 heterocycles. The largest absolute Gasteiger partial charge is 0.357 e. The third kappa shape index (κ3) is 7.33. The maximum Gasteiger partial charge on any atom is 0.225 e. The van der Waals surface area contributed by atoms with Crippen molar-refractivity contribution in [2.24, 2.45) is 10.9 Å². The average Bonchev–Trinajstić information content (AvgIpc) is 2.86. The fourth-order valence-corrected chi connectivity index (χ4v) is 2.31. The fraction of sp³-hybridized carbons (Fsp3) is 0.867. The third-order valence-corrected chi connectivity index (χ3v) is 3.46. The molecule has 1 fully saturated rings. The molecule has 0 aliphatic carbocycles. The van der Waals surface area contributed by atoms with Crippen LogP contribution in [0.1, 0.15) is 47.0 Å². The van der Waals surface area contributed by atoms with E-state index < -0.39 is 0 Å². The number of hydrogen-bond donors (Lipinski definition) is 2. The summed E-state index contributed by atoms with van der Waals surface area (Å²) in [5.74, 6) is 1.22. The average molecular weight is 410 g/mol. The topological polar surface area (TPSA) is 56.7 Å². The van der Waals surface area contributed by atoms with Gasteiger partial charge < -0.3 is 15.5 Å². The Morgan fingerprint density at radius 2 is 2.10 bits per heavy atom. The van der Waals surface area contributed by atoms with Crippen LogP contribution in [-0.4, -0.2) is 49.0 Å². The van der Waals surface area contributed by atoms with Crippen molar-refractivity contribution in [3.05, 3.63) is 0 Å². The van der Waals surface area contributed by atoms with Gasteiger partial charge in [-0.05, 0) is 19.8 Å². The van der Waals surface area contributed by atoms with Crippen molar-refractivity contribution in [1.29, 1.82) is 0 Å². The molecule has 0 aromatic heterocycles. The second kappa shape index (κ2) is 11.1. The molecule has 2 N–H and O–H groups in total. The van der Waals surface area contributed by atoms with E-state index in [0.29, 0.717) is 6.04 Å². The summed E-state index contributed by atoms with van der Waals surface area (Å²) in [7, 11) is 0. The number of hydrogen-bond acceptors (Lipinski definition) is 2. The van der Waals surface area contributed by atoms with Gasteiger partial charge in [-0.1, -0.05) is 27.2 Å². The van der Waals surface area contributed by atoms with Gasteiger partial charge in [0, 0.05) is 38.1 Å². The van der Waals surface area contributed by atoms with E-state index in [9.17, 15) is 4.79 Å². The van der Waals surface area contributed by atoms with E-state index in [-0.39, 0.29) is 35.8 Å². The Bertz CT molecular complexity index is 334. The molecule has 0 bridgehead atoms. The first-order valence-corrected chi connectivity index (χ1v) is 7.92. The van der Waals surface area contributed by atoms with E-state index in [1.54, 1.807) is 0 Å². The number of nitrogens with zero attached hydrogens (tertiary/aromatic N) is 2. The molecule has 1 aliphatic heterocycles. The monoisotopic (exact) mass is 410 g/mol. The van der Waals surface area contributed by atoms with Crippen molar-refractivity contribution in [2.75, 3.05) is 26.2 Å². The van der Waals surface area contributed by atoms with Gasteiger partial charge in [-0.3, -0.25) is 9.79 Å². The van der Waals surface area contributed by atoms with Gasteiger partial charge in [0.1, 0.15) is 0 Å². The smallest absolute Gasteiger partial charge is 0.225 e. The van der Waals surface area contributed by atoms with Crippen molar-refractivity contribution in [1.82, 2.24) is 15.5 Å². The Labute approximate surface area is 146 Å². The maximum atomic E-state index is 12.0. The number of guanidine groups is 1. The second-order valence-electron chi connectivity index (χ2n) is 5.68. The van der Waals surface area contributed by atoms with Crippen molar-refractivity contribution in [3.63, 3.8) is 0 Å². The van der Waals surface area contributed by atoms with Crippen LogP contribution in [0.4, 0.5) is 0 Å². The molecule has 6 heteroatoms. The number of carbonyl (C=O) groups is 1. The Hall–Kier alpha value is -0.530. The Kier molecular flexibility index (Phi) is 10.8. The highest BCUT2D eigenvalue weighted by Gasteiger charge is 2.27. The molecule has 5 nitrogen and oxygen atoms in total. The molecule has 1 atom stereocenters. The normalized spacial score (nSPS) is 18.6. The Balaban J connectivity index is 0.00000400. The van der Waals surface area contributed by atoms with E-state index in [4.69, 9.17) is 0 Å². The van der Waals surface area contributed by atoms with Crippen molar-refractivity contribution >= 4 is 35.8 Å². The number of carbonyl (C=O) groups excluding carboxylic acids is 1. The minimum atomic E-state index is 0. The predicted molar refractivity (Wildman–Crippen MR) is 99.3 cm³/mol. The summed E-state index contributed by atoms with van der Waals surface area (Å²) in [4.78, 5) is 18.5. The number of nitrogens with one attached hydrogen (secondary N) is 2. The zero-order valence-corrected chi connectivity index (χ0v) is 16.1. The highest BCUT2D eigenvalue weighted by molar-refractivity contribution is 14.0. The molecular formula is C15H31IN4O. The Morgan fingerprint density at radius 3 is 2.67 bits per heavy atom. The van der Waals surface area contributed by atoms with E-state index in [0.717, 1.165) is 51.4 Å². The molecule has 1 aliphatic rings. The van der Waals surface area contributed by atoms with E-state index in [1.807, 2.05) is 18.7 Å². The van der Waals surface area contributed by atoms with Crippen molar-refractivity contribution in [2.45, 2.75) is 53.0 Å². The fourth-order valence-electron chi connectivity index (χ4n) is 2.31. The third-order valence-electron chi connectivity index (χ3n) is 3.46. The zero-order valence-electron chi connectivity index (χ0n) is 13.8. The molecule has 0 saturated carbocycles. The molecule has 0 aromatic rings. The summed E-state index contributed by atoms with van der Waals surface area (Å²) in [6.07, 6.45) is 3.26.